The maximum Gasteiger partial charge on any atom is 0.125 e. The standard InChI is InChI=1S/C5H5NO2.ClH/c7-5-1-3-6-8-4-2-5;/h1-4,7H;1H. The third-order valence-electron chi connectivity index (χ3n) is 0.667. The molecule has 1 aliphatic rings. The predicted octanol–water partition coefficient (Wildman–Crippen LogP) is 1.38. The Balaban J connectivity index is 0.000000640. The van der Waals surface area contributed by atoms with Gasteiger partial charge in [-0.3, -0.25) is 0 Å². The van der Waals surface area contributed by atoms with Gasteiger partial charge in [-0.2, -0.15) is 0 Å². The first-order chi connectivity index (χ1) is 3.89. The molecule has 1 N–H and O–H groups in total. The smallest absolute Gasteiger partial charge is 0.125 e. The van der Waals surface area contributed by atoms with Gasteiger partial charge in [-0.05, 0) is 0 Å². The number of nitrogens with zero attached hydrogens (tertiary/aromatic N) is 1. The van der Waals surface area contributed by atoms with E-state index in [0.29, 0.717) is 0 Å². The zero-order valence-electron chi connectivity index (χ0n) is 4.52. The monoisotopic (exact) mass is 147 g/mol. The molecule has 1 heterocycles. The van der Waals surface area contributed by atoms with Crippen molar-refractivity contribution in [2.45, 2.75) is 0 Å². The summed E-state index contributed by atoms with van der Waals surface area (Å²) in [5.41, 5.74) is 0. The molecule has 0 bridgehead atoms. The van der Waals surface area contributed by atoms with Crippen LogP contribution in [0.5, 0.6) is 0 Å². The molecule has 0 amide bonds. The lowest BCUT2D eigenvalue weighted by molar-refractivity contribution is 0.270. The van der Waals surface area contributed by atoms with Gasteiger partial charge in [0.25, 0.3) is 0 Å². The number of halogens is 1. The summed E-state index contributed by atoms with van der Waals surface area (Å²) < 4.78 is 0. The highest BCUT2D eigenvalue weighted by atomic mass is 35.5. The lowest BCUT2D eigenvalue weighted by Gasteiger charge is -1.80. The largest absolute Gasteiger partial charge is 0.508 e. The summed E-state index contributed by atoms with van der Waals surface area (Å²) in [4.78, 5) is 4.44. The van der Waals surface area contributed by atoms with Crippen molar-refractivity contribution in [2.24, 2.45) is 5.16 Å². The van der Waals surface area contributed by atoms with E-state index in [0.717, 1.165) is 0 Å². The Hall–Kier alpha value is -0.960. The van der Waals surface area contributed by atoms with Crippen LogP contribution in [0, 0.1) is 0 Å². The molecule has 4 heteroatoms. The molecule has 1 rings (SSSR count). The van der Waals surface area contributed by atoms with Crippen molar-refractivity contribution in [2.75, 3.05) is 0 Å². The molecule has 3 nitrogen and oxygen atoms in total. The number of allylic oxidation sites excluding steroid dienone is 2. The summed E-state index contributed by atoms with van der Waals surface area (Å²) in [6, 6.07) is 0. The SMILES string of the molecule is Cl.OC1=CC=NOC=C1. The highest BCUT2D eigenvalue weighted by molar-refractivity contribution is 5.85. The van der Waals surface area contributed by atoms with Crippen LogP contribution in [0.2, 0.25) is 0 Å². The van der Waals surface area contributed by atoms with E-state index in [1.54, 1.807) is 0 Å². The lowest BCUT2D eigenvalue weighted by atomic mass is 10.4. The van der Waals surface area contributed by atoms with Gasteiger partial charge in [-0.1, -0.05) is 5.16 Å². The normalized spacial score (nSPS) is 14.9. The van der Waals surface area contributed by atoms with Crippen LogP contribution < -0.4 is 0 Å². The van der Waals surface area contributed by atoms with E-state index in [9.17, 15) is 0 Å². The Bertz CT molecular complexity index is 162. The molecule has 0 aromatic carbocycles. The summed E-state index contributed by atoms with van der Waals surface area (Å²) >= 11 is 0. The van der Waals surface area contributed by atoms with Crippen LogP contribution in [0.1, 0.15) is 0 Å². The van der Waals surface area contributed by atoms with Gasteiger partial charge in [0.05, 0.1) is 6.21 Å². The Morgan fingerprint density at radius 1 is 1.56 bits per heavy atom. The molecule has 0 saturated heterocycles. The molecule has 0 aliphatic carbocycles. The van der Waals surface area contributed by atoms with E-state index in [-0.39, 0.29) is 18.2 Å². The molecule has 0 aromatic rings. The minimum Gasteiger partial charge on any atom is -0.508 e. The summed E-state index contributed by atoms with van der Waals surface area (Å²) in [5, 5.41) is 12.1. The highest BCUT2D eigenvalue weighted by Crippen LogP contribution is 1.93. The van der Waals surface area contributed by atoms with E-state index in [4.69, 9.17) is 5.11 Å². The van der Waals surface area contributed by atoms with Gasteiger partial charge < -0.3 is 9.94 Å². The van der Waals surface area contributed by atoms with Crippen LogP contribution >= 0.6 is 12.4 Å². The van der Waals surface area contributed by atoms with E-state index in [1.807, 2.05) is 0 Å². The second-order valence-corrected chi connectivity index (χ2v) is 1.25. The average molecular weight is 148 g/mol. The maximum atomic E-state index is 8.69. The van der Waals surface area contributed by atoms with E-state index < -0.39 is 0 Å². The minimum absolute atomic E-state index is 0. The molecular weight excluding hydrogens is 142 g/mol. The van der Waals surface area contributed by atoms with Gasteiger partial charge in [-0.15, -0.1) is 12.4 Å². The van der Waals surface area contributed by atoms with Crippen molar-refractivity contribution >= 4 is 18.6 Å². The zero-order valence-corrected chi connectivity index (χ0v) is 5.34. The molecule has 0 aromatic heterocycles. The van der Waals surface area contributed by atoms with Gasteiger partial charge in [-0.25, -0.2) is 0 Å². The Kier molecular flexibility index (Phi) is 3.55. The molecule has 0 fully saturated rings. The highest BCUT2D eigenvalue weighted by Gasteiger charge is 1.84. The third kappa shape index (κ3) is 2.77. The quantitative estimate of drug-likeness (QED) is 0.563. The number of rotatable bonds is 0. The van der Waals surface area contributed by atoms with Crippen LogP contribution in [0.15, 0.2) is 29.3 Å². The number of hydrogen-bond donors (Lipinski definition) is 1. The summed E-state index contributed by atoms with van der Waals surface area (Å²) in [7, 11) is 0. The fourth-order valence-corrected chi connectivity index (χ4v) is 0.333. The molecule has 9 heavy (non-hydrogen) atoms. The molecule has 50 valence electrons. The predicted molar refractivity (Wildman–Crippen MR) is 36.7 cm³/mol. The molecular formula is C5H6ClNO2. The first-order valence-electron chi connectivity index (χ1n) is 2.14. The van der Waals surface area contributed by atoms with Gasteiger partial charge in [0.15, 0.2) is 0 Å². The van der Waals surface area contributed by atoms with Crippen molar-refractivity contribution in [3.63, 3.8) is 0 Å². The molecule has 0 spiro atoms. The van der Waals surface area contributed by atoms with Crippen LogP contribution in [0.3, 0.4) is 0 Å². The van der Waals surface area contributed by atoms with Gasteiger partial charge in [0.1, 0.15) is 12.0 Å². The topological polar surface area (TPSA) is 41.8 Å². The van der Waals surface area contributed by atoms with Crippen LogP contribution in [0.25, 0.3) is 0 Å². The van der Waals surface area contributed by atoms with Crippen molar-refractivity contribution < 1.29 is 9.94 Å². The third-order valence-corrected chi connectivity index (χ3v) is 0.667. The first-order valence-corrected chi connectivity index (χ1v) is 2.14. The lowest BCUT2D eigenvalue weighted by Crippen LogP contribution is -1.70. The van der Waals surface area contributed by atoms with Crippen molar-refractivity contribution in [3.8, 4) is 0 Å². The molecule has 0 atom stereocenters. The minimum atomic E-state index is 0. The second kappa shape index (κ2) is 3.97. The Morgan fingerprint density at radius 2 is 2.33 bits per heavy atom. The Morgan fingerprint density at radius 3 is 3.11 bits per heavy atom. The number of aliphatic hydroxyl groups excluding tert-OH is 1. The van der Waals surface area contributed by atoms with Crippen LogP contribution in [-0.4, -0.2) is 11.3 Å². The van der Waals surface area contributed by atoms with Crippen molar-refractivity contribution in [3.05, 3.63) is 24.2 Å². The van der Waals surface area contributed by atoms with E-state index in [1.165, 1.54) is 24.6 Å². The molecule has 0 saturated carbocycles. The number of oxime groups is 1. The fraction of sp³-hybridized carbons (Fsp3) is 0. The average Bonchev–Trinajstić information content (AvgIpc) is 1.94. The molecule has 0 unspecified atom stereocenters. The van der Waals surface area contributed by atoms with E-state index in [2.05, 4.69) is 9.99 Å². The second-order valence-electron chi connectivity index (χ2n) is 1.25. The number of aliphatic hydroxyl groups is 1. The number of hydrogen-bond acceptors (Lipinski definition) is 3. The summed E-state index contributed by atoms with van der Waals surface area (Å²) in [6.07, 6.45) is 5.52. The fourth-order valence-electron chi connectivity index (χ4n) is 0.333. The molecule has 0 radical (unpaired) electrons. The van der Waals surface area contributed by atoms with Crippen LogP contribution in [-0.2, 0) is 4.84 Å². The van der Waals surface area contributed by atoms with Crippen molar-refractivity contribution in [1.29, 1.82) is 0 Å². The zero-order chi connectivity index (χ0) is 5.82. The first kappa shape index (κ1) is 8.04. The van der Waals surface area contributed by atoms with Crippen molar-refractivity contribution in [1.82, 2.24) is 0 Å². The maximum absolute atomic E-state index is 8.69. The summed E-state index contributed by atoms with van der Waals surface area (Å²) in [6.45, 7) is 0. The molecule has 1 aliphatic heterocycles. The van der Waals surface area contributed by atoms with Gasteiger partial charge in [0.2, 0.25) is 0 Å². The van der Waals surface area contributed by atoms with E-state index >= 15 is 0 Å². The van der Waals surface area contributed by atoms with Crippen LogP contribution in [0.4, 0.5) is 0 Å². The van der Waals surface area contributed by atoms with Gasteiger partial charge >= 0.3 is 0 Å². The Labute approximate surface area is 58.7 Å². The van der Waals surface area contributed by atoms with Gasteiger partial charge in [0, 0.05) is 12.2 Å². The summed E-state index contributed by atoms with van der Waals surface area (Å²) in [5.74, 6) is 0.145.